The topological polar surface area (TPSA) is 160 Å². The largest absolute Gasteiger partial charge is 0.785 e. The third kappa shape index (κ3) is 3.88. The van der Waals surface area contributed by atoms with Crippen molar-refractivity contribution in [3.8, 4) is 11.5 Å². The summed E-state index contributed by atoms with van der Waals surface area (Å²) in [6, 6.07) is 10.4. The van der Waals surface area contributed by atoms with E-state index in [2.05, 4.69) is 4.99 Å². The Morgan fingerprint density at radius 1 is 0.833 bits per heavy atom. The zero-order valence-corrected chi connectivity index (χ0v) is 16.5. The second-order valence-corrected chi connectivity index (χ2v) is 9.09. The molecule has 1 aliphatic heterocycles. The number of para-hydroxylation sites is 1. The van der Waals surface area contributed by atoms with Gasteiger partial charge in [-0.2, -0.15) is 16.8 Å². The lowest BCUT2D eigenvalue weighted by Crippen LogP contribution is -2.30. The molecular weight excluding hydrogens is 437 g/mol. The third-order valence-corrected chi connectivity index (χ3v) is 5.91. The highest BCUT2D eigenvalue weighted by molar-refractivity contribution is 7.86. The zero-order chi connectivity index (χ0) is 21.7. The van der Waals surface area contributed by atoms with E-state index in [0.29, 0.717) is 5.56 Å². The van der Waals surface area contributed by atoms with Crippen LogP contribution in [0.4, 0.5) is 5.69 Å². The summed E-state index contributed by atoms with van der Waals surface area (Å²) in [7, 11) is -11.3. The number of hydrogen-bond acceptors (Lipinski definition) is 8. The minimum absolute atomic E-state index is 0.000848. The molecule has 4 rings (SSSR count). The molecule has 3 N–H and O–H groups in total. The molecule has 0 saturated carbocycles. The number of rotatable bonds is 2. The van der Waals surface area contributed by atoms with Crippen LogP contribution in [0.3, 0.4) is 0 Å². The molecule has 3 aromatic carbocycles. The van der Waals surface area contributed by atoms with Crippen LogP contribution >= 0.6 is 0 Å². The van der Waals surface area contributed by atoms with Crippen LogP contribution in [-0.2, 0) is 20.2 Å². The van der Waals surface area contributed by atoms with Crippen molar-refractivity contribution in [2.75, 3.05) is 0 Å². The molecule has 0 unspecified atom stereocenters. The number of hydrogen-bond donors (Lipinski definition) is 3. The normalized spacial score (nSPS) is 14.0. The molecule has 30 heavy (non-hydrogen) atoms. The first-order valence-electron chi connectivity index (χ1n) is 8.24. The molecule has 1 aliphatic rings. The molecule has 0 radical (unpaired) electrons. The van der Waals surface area contributed by atoms with Gasteiger partial charge in [-0.1, -0.05) is 12.1 Å². The quantitative estimate of drug-likeness (QED) is 0.392. The molecule has 154 valence electrons. The number of benzene rings is 3. The van der Waals surface area contributed by atoms with E-state index in [1.165, 1.54) is 12.3 Å². The smallest absolute Gasteiger partial charge is 0.500 e. The van der Waals surface area contributed by atoms with Crippen molar-refractivity contribution in [3.63, 3.8) is 0 Å². The van der Waals surface area contributed by atoms with E-state index in [9.17, 15) is 31.0 Å². The lowest BCUT2D eigenvalue weighted by molar-refractivity contribution is 0.298. The minimum atomic E-state index is -4.72. The van der Waals surface area contributed by atoms with Crippen LogP contribution in [0.1, 0.15) is 5.56 Å². The van der Waals surface area contributed by atoms with Crippen LogP contribution in [0.2, 0.25) is 0 Å². The first-order valence-corrected chi connectivity index (χ1v) is 11.1. The zero-order valence-electron chi connectivity index (χ0n) is 14.8. The van der Waals surface area contributed by atoms with Crippen LogP contribution in [0.5, 0.6) is 11.5 Å². The fourth-order valence-electron chi connectivity index (χ4n) is 2.97. The molecule has 0 aromatic heterocycles. The average molecular weight is 449 g/mol. The van der Waals surface area contributed by atoms with Crippen LogP contribution in [0.25, 0.3) is 10.8 Å². The van der Waals surface area contributed by atoms with Crippen LogP contribution in [-0.4, -0.2) is 44.5 Å². The molecule has 0 spiro atoms. The van der Waals surface area contributed by atoms with E-state index in [1.54, 1.807) is 18.2 Å². The van der Waals surface area contributed by atoms with E-state index < -0.39 is 37.3 Å². The highest BCUT2D eigenvalue weighted by atomic mass is 32.2. The lowest BCUT2D eigenvalue weighted by atomic mass is 10.1. The Morgan fingerprint density at radius 3 is 2.10 bits per heavy atom. The number of nitrogens with zero attached hydrogens (tertiary/aromatic N) is 1. The summed E-state index contributed by atoms with van der Waals surface area (Å²) in [5.74, 6) is -0.0636. The fourth-order valence-corrected chi connectivity index (χ4v) is 4.04. The SMILES string of the molecule is O=S(=O)(O)c1cc2c3c(cc(S(=O)(=O)O)cc3c1)OB(O)Oc1ccccc1C=N2. The molecule has 13 heteroatoms. The molecular formula is C17H12BNO9S2. The van der Waals surface area contributed by atoms with Gasteiger partial charge in [0.05, 0.1) is 15.5 Å². The Kier molecular flexibility index (Phi) is 4.79. The van der Waals surface area contributed by atoms with E-state index in [4.69, 9.17) is 9.31 Å². The van der Waals surface area contributed by atoms with Crippen molar-refractivity contribution < 1.29 is 40.3 Å². The van der Waals surface area contributed by atoms with Crippen LogP contribution in [0, 0.1) is 0 Å². The van der Waals surface area contributed by atoms with Gasteiger partial charge < -0.3 is 14.3 Å². The maximum Gasteiger partial charge on any atom is 0.785 e. The number of aliphatic imine (C=N–C) groups is 1. The van der Waals surface area contributed by atoms with Gasteiger partial charge in [0.25, 0.3) is 20.2 Å². The second kappa shape index (κ2) is 7.07. The molecule has 0 bridgehead atoms. The van der Waals surface area contributed by atoms with Gasteiger partial charge in [-0.05, 0) is 35.7 Å². The van der Waals surface area contributed by atoms with Crippen molar-refractivity contribution in [2.45, 2.75) is 9.79 Å². The summed E-state index contributed by atoms with van der Waals surface area (Å²) in [5.41, 5.74) is 0.435. The minimum Gasteiger partial charge on any atom is -0.500 e. The van der Waals surface area contributed by atoms with E-state index in [1.807, 2.05) is 0 Å². The van der Waals surface area contributed by atoms with Crippen molar-refractivity contribution in [1.82, 2.24) is 0 Å². The van der Waals surface area contributed by atoms with Gasteiger partial charge in [-0.3, -0.25) is 14.1 Å². The Hall–Kier alpha value is -2.97. The highest BCUT2D eigenvalue weighted by Gasteiger charge is 2.27. The number of fused-ring (bicyclic) bond motifs is 1. The van der Waals surface area contributed by atoms with Gasteiger partial charge in [0.1, 0.15) is 11.5 Å². The molecule has 0 saturated heterocycles. The van der Waals surface area contributed by atoms with Crippen molar-refractivity contribution in [1.29, 1.82) is 0 Å². The van der Waals surface area contributed by atoms with Gasteiger partial charge in [0.2, 0.25) is 0 Å². The first-order chi connectivity index (χ1) is 14.0. The first kappa shape index (κ1) is 20.3. The van der Waals surface area contributed by atoms with Gasteiger partial charge >= 0.3 is 7.32 Å². The van der Waals surface area contributed by atoms with Gasteiger partial charge in [-0.25, -0.2) is 0 Å². The molecule has 3 aromatic rings. The van der Waals surface area contributed by atoms with Gasteiger partial charge in [0, 0.05) is 23.2 Å². The Bertz CT molecular complexity index is 1410. The third-order valence-electron chi connectivity index (χ3n) is 4.25. The molecule has 0 atom stereocenters. The Labute approximate surface area is 171 Å². The standard InChI is InChI=1S/C17H12BNO9S2/c20-18-27-15-4-2-1-3-10(15)9-19-14-7-12(29(21,22)23)5-11-6-13(30(24,25)26)8-16(28-18)17(11)14/h1-9,20H,(H,21,22,23)(H,24,25,26). The van der Waals surface area contributed by atoms with Crippen molar-refractivity contribution >= 4 is 50.2 Å². The molecule has 1 heterocycles. The summed E-state index contributed by atoms with van der Waals surface area (Å²) in [6.07, 6.45) is 1.34. The molecule has 0 amide bonds. The summed E-state index contributed by atoms with van der Waals surface area (Å²) >= 11 is 0. The molecule has 0 aliphatic carbocycles. The summed E-state index contributed by atoms with van der Waals surface area (Å²) in [4.78, 5) is 3.06. The fraction of sp³-hybridized carbons (Fsp3) is 0. The Morgan fingerprint density at radius 2 is 1.43 bits per heavy atom. The maximum absolute atomic E-state index is 11.7. The lowest BCUT2D eigenvalue weighted by Gasteiger charge is -2.18. The monoisotopic (exact) mass is 449 g/mol. The average Bonchev–Trinajstić information content (AvgIpc) is 2.64. The molecule has 0 fully saturated rings. The van der Waals surface area contributed by atoms with Gasteiger partial charge in [-0.15, -0.1) is 0 Å². The van der Waals surface area contributed by atoms with Crippen LogP contribution in [0.15, 0.2) is 63.3 Å². The summed E-state index contributed by atoms with van der Waals surface area (Å²) in [5, 5.41) is 10.3. The Balaban J connectivity index is 2.11. The van der Waals surface area contributed by atoms with Gasteiger partial charge in [0.15, 0.2) is 0 Å². The van der Waals surface area contributed by atoms with Crippen molar-refractivity contribution in [3.05, 3.63) is 54.1 Å². The molecule has 10 nitrogen and oxygen atoms in total. The van der Waals surface area contributed by atoms with Crippen LogP contribution < -0.4 is 9.31 Å². The van der Waals surface area contributed by atoms with E-state index >= 15 is 0 Å². The second-order valence-electron chi connectivity index (χ2n) is 6.25. The predicted octanol–water partition coefficient (Wildman–Crippen LogP) is 1.83. The van der Waals surface area contributed by atoms with E-state index in [0.717, 1.165) is 24.3 Å². The highest BCUT2D eigenvalue weighted by Crippen LogP contribution is 2.39. The maximum atomic E-state index is 11.7. The predicted molar refractivity (Wildman–Crippen MR) is 107 cm³/mol. The van der Waals surface area contributed by atoms with Crippen molar-refractivity contribution in [2.24, 2.45) is 4.99 Å². The summed E-state index contributed by atoms with van der Waals surface area (Å²) < 4.78 is 76.3. The van der Waals surface area contributed by atoms with E-state index in [-0.39, 0.29) is 28.0 Å². The summed E-state index contributed by atoms with van der Waals surface area (Å²) in [6.45, 7) is 0.